The van der Waals surface area contributed by atoms with Crippen molar-refractivity contribution in [2.45, 2.75) is 45.1 Å². The first-order chi connectivity index (χ1) is 12.6. The van der Waals surface area contributed by atoms with E-state index >= 15 is 0 Å². The number of aromatic nitrogens is 1. The van der Waals surface area contributed by atoms with Crippen LogP contribution in [0.4, 0.5) is 5.69 Å². The molecule has 0 N–H and O–H groups in total. The third kappa shape index (κ3) is 4.37. The number of amides is 1. The fourth-order valence-corrected chi connectivity index (χ4v) is 4.56. The third-order valence-electron chi connectivity index (χ3n) is 4.86. The van der Waals surface area contributed by atoms with Gasteiger partial charge in [-0.3, -0.25) is 14.9 Å². The molecule has 1 saturated carbocycles. The zero-order valence-electron chi connectivity index (χ0n) is 14.8. The highest BCUT2D eigenvalue weighted by atomic mass is 32.1. The smallest absolute Gasteiger partial charge is 0.270 e. The highest BCUT2D eigenvalue weighted by Gasteiger charge is 2.17. The van der Waals surface area contributed by atoms with E-state index in [2.05, 4.69) is 4.99 Å². The van der Waals surface area contributed by atoms with Crippen LogP contribution in [0.15, 0.2) is 23.2 Å². The molecule has 1 heterocycles. The van der Waals surface area contributed by atoms with E-state index in [1.54, 1.807) is 13.2 Å². The number of hydrogen-bond acceptors (Lipinski definition) is 5. The lowest BCUT2D eigenvalue weighted by Crippen LogP contribution is -2.19. The van der Waals surface area contributed by atoms with Crippen molar-refractivity contribution in [1.82, 2.24) is 4.57 Å². The van der Waals surface area contributed by atoms with Crippen molar-refractivity contribution in [3.63, 3.8) is 0 Å². The average molecular weight is 377 g/mol. The molecule has 0 bridgehead atoms. The predicted molar refractivity (Wildman–Crippen MR) is 100 cm³/mol. The van der Waals surface area contributed by atoms with Gasteiger partial charge in [0, 0.05) is 32.2 Å². The first-order valence-electron chi connectivity index (χ1n) is 8.93. The predicted octanol–water partition coefficient (Wildman–Crippen LogP) is 3.66. The minimum Gasteiger partial charge on any atom is -0.383 e. The summed E-state index contributed by atoms with van der Waals surface area (Å²) in [6, 6.07) is 4.72. The minimum atomic E-state index is -0.414. The van der Waals surface area contributed by atoms with Crippen LogP contribution in [0.3, 0.4) is 0 Å². The molecule has 3 rings (SSSR count). The molecule has 8 heteroatoms. The SMILES string of the molecule is COCCn1c(=NC(=O)CCC2CCCC2)sc2cc([N+](=O)[O-])ccc21. The van der Waals surface area contributed by atoms with E-state index < -0.39 is 4.92 Å². The molecule has 0 unspecified atom stereocenters. The zero-order valence-corrected chi connectivity index (χ0v) is 15.7. The van der Waals surface area contributed by atoms with Crippen LogP contribution in [0.1, 0.15) is 38.5 Å². The van der Waals surface area contributed by atoms with Gasteiger partial charge in [0.1, 0.15) is 0 Å². The molecule has 1 amide bonds. The Hall–Kier alpha value is -2.06. The lowest BCUT2D eigenvalue weighted by molar-refractivity contribution is -0.384. The van der Waals surface area contributed by atoms with Gasteiger partial charge in [-0.15, -0.1) is 0 Å². The number of nitro benzene ring substituents is 1. The lowest BCUT2D eigenvalue weighted by Gasteiger charge is -2.06. The van der Waals surface area contributed by atoms with Gasteiger partial charge in [-0.1, -0.05) is 37.0 Å². The Bertz CT molecular complexity index is 865. The molecule has 0 aliphatic heterocycles. The molecule has 0 atom stereocenters. The Morgan fingerprint density at radius 2 is 2.19 bits per heavy atom. The van der Waals surface area contributed by atoms with Crippen molar-refractivity contribution in [2.24, 2.45) is 10.9 Å². The number of thiazole rings is 1. The first-order valence-corrected chi connectivity index (χ1v) is 9.74. The van der Waals surface area contributed by atoms with Gasteiger partial charge >= 0.3 is 0 Å². The second-order valence-corrected chi connectivity index (χ2v) is 7.64. The summed E-state index contributed by atoms with van der Waals surface area (Å²) >= 11 is 1.31. The minimum absolute atomic E-state index is 0.0387. The molecule has 26 heavy (non-hydrogen) atoms. The normalized spacial score (nSPS) is 15.8. The molecule has 7 nitrogen and oxygen atoms in total. The highest BCUT2D eigenvalue weighted by molar-refractivity contribution is 7.16. The quantitative estimate of drug-likeness (QED) is 0.544. The average Bonchev–Trinajstić information content (AvgIpc) is 3.25. The number of rotatable bonds is 7. The number of ether oxygens (including phenoxy) is 1. The summed E-state index contributed by atoms with van der Waals surface area (Å²) in [4.78, 5) is 27.8. The summed E-state index contributed by atoms with van der Waals surface area (Å²) in [5.74, 6) is 0.531. The molecule has 1 aliphatic carbocycles. The van der Waals surface area contributed by atoms with E-state index in [0.29, 0.717) is 30.3 Å². The van der Waals surface area contributed by atoms with Gasteiger partial charge in [0.05, 0.1) is 21.7 Å². The van der Waals surface area contributed by atoms with Crippen LogP contribution in [0.25, 0.3) is 10.2 Å². The Morgan fingerprint density at radius 3 is 2.88 bits per heavy atom. The maximum Gasteiger partial charge on any atom is 0.270 e. The van der Waals surface area contributed by atoms with Crippen LogP contribution >= 0.6 is 11.3 Å². The molecule has 0 saturated heterocycles. The van der Waals surface area contributed by atoms with E-state index in [1.807, 2.05) is 4.57 Å². The number of carbonyl (C=O) groups excluding carboxylic acids is 1. The third-order valence-corrected chi connectivity index (χ3v) is 5.90. The number of non-ortho nitro benzene ring substituents is 1. The summed E-state index contributed by atoms with van der Waals surface area (Å²) in [7, 11) is 1.61. The number of nitrogens with zero attached hydrogens (tertiary/aromatic N) is 3. The zero-order chi connectivity index (χ0) is 18.5. The van der Waals surface area contributed by atoms with E-state index in [-0.39, 0.29) is 11.6 Å². The molecule has 0 spiro atoms. The van der Waals surface area contributed by atoms with Crippen LogP contribution in [0, 0.1) is 16.0 Å². The standard InChI is InChI=1S/C18H23N3O4S/c1-25-11-10-20-15-8-7-14(21(23)24)12-16(15)26-18(20)19-17(22)9-6-13-4-2-3-5-13/h7-8,12-13H,2-6,9-11H2,1H3. The van der Waals surface area contributed by atoms with Crippen LogP contribution in [-0.4, -0.2) is 29.1 Å². The molecule has 0 radical (unpaired) electrons. The van der Waals surface area contributed by atoms with Gasteiger partial charge < -0.3 is 9.30 Å². The van der Waals surface area contributed by atoms with Crippen LogP contribution in [0.2, 0.25) is 0 Å². The van der Waals surface area contributed by atoms with Crippen molar-refractivity contribution in [3.8, 4) is 0 Å². The van der Waals surface area contributed by atoms with Gasteiger partial charge in [0.15, 0.2) is 4.80 Å². The number of benzene rings is 1. The van der Waals surface area contributed by atoms with E-state index in [0.717, 1.165) is 16.6 Å². The van der Waals surface area contributed by atoms with Gasteiger partial charge in [0.2, 0.25) is 5.91 Å². The Balaban J connectivity index is 1.88. The molecular formula is C18H23N3O4S. The number of nitro groups is 1. The monoisotopic (exact) mass is 377 g/mol. The maximum absolute atomic E-state index is 12.3. The van der Waals surface area contributed by atoms with Gasteiger partial charge in [0.25, 0.3) is 5.69 Å². The largest absolute Gasteiger partial charge is 0.383 e. The molecule has 140 valence electrons. The topological polar surface area (TPSA) is 86.7 Å². The molecule has 1 aromatic heterocycles. The fraction of sp³-hybridized carbons (Fsp3) is 0.556. The van der Waals surface area contributed by atoms with Gasteiger partial charge in [-0.05, 0) is 18.4 Å². The lowest BCUT2D eigenvalue weighted by atomic mass is 10.0. The molecule has 1 aromatic carbocycles. The van der Waals surface area contributed by atoms with Crippen LogP contribution in [-0.2, 0) is 16.1 Å². The maximum atomic E-state index is 12.3. The summed E-state index contributed by atoms with van der Waals surface area (Å²) in [5, 5.41) is 11.0. The molecular weight excluding hydrogens is 354 g/mol. The van der Waals surface area contributed by atoms with Crippen molar-refractivity contribution in [2.75, 3.05) is 13.7 Å². The highest BCUT2D eigenvalue weighted by Crippen LogP contribution is 2.28. The van der Waals surface area contributed by atoms with Gasteiger partial charge in [-0.2, -0.15) is 4.99 Å². The summed E-state index contributed by atoms with van der Waals surface area (Å²) in [5.41, 5.74) is 0.872. The van der Waals surface area contributed by atoms with Crippen molar-refractivity contribution in [1.29, 1.82) is 0 Å². The summed E-state index contributed by atoms with van der Waals surface area (Å²) in [6.45, 7) is 1.02. The molecule has 1 aliphatic rings. The summed E-state index contributed by atoms with van der Waals surface area (Å²) < 4.78 is 7.80. The molecule has 1 fully saturated rings. The van der Waals surface area contributed by atoms with Crippen molar-refractivity contribution >= 4 is 33.1 Å². The van der Waals surface area contributed by atoms with E-state index in [1.165, 1.54) is 49.2 Å². The number of methoxy groups -OCH3 is 1. The fourth-order valence-electron chi connectivity index (χ4n) is 3.45. The van der Waals surface area contributed by atoms with E-state index in [4.69, 9.17) is 4.74 Å². The Kier molecular flexibility index (Phi) is 6.16. The van der Waals surface area contributed by atoms with Crippen LogP contribution < -0.4 is 4.80 Å². The number of fused-ring (bicyclic) bond motifs is 1. The first kappa shape index (κ1) is 18.7. The second kappa shape index (κ2) is 8.55. The Morgan fingerprint density at radius 1 is 1.42 bits per heavy atom. The van der Waals surface area contributed by atoms with Gasteiger partial charge in [-0.25, -0.2) is 0 Å². The second-order valence-electron chi connectivity index (χ2n) is 6.63. The Labute approximate surface area is 155 Å². The number of carbonyl (C=O) groups is 1. The van der Waals surface area contributed by atoms with Crippen molar-refractivity contribution in [3.05, 3.63) is 33.1 Å². The number of hydrogen-bond donors (Lipinski definition) is 0. The summed E-state index contributed by atoms with van der Waals surface area (Å²) in [6.07, 6.45) is 6.33. The van der Waals surface area contributed by atoms with Crippen LogP contribution in [0.5, 0.6) is 0 Å². The molecule has 2 aromatic rings. The van der Waals surface area contributed by atoms with E-state index in [9.17, 15) is 14.9 Å². The van der Waals surface area contributed by atoms with Crippen molar-refractivity contribution < 1.29 is 14.5 Å².